The van der Waals surface area contributed by atoms with Crippen LogP contribution in [0.25, 0.3) is 0 Å². The molecule has 1 aliphatic heterocycles. The maximum absolute atomic E-state index is 12.5. The minimum Gasteiger partial charge on any atom is -0.378 e. The van der Waals surface area contributed by atoms with Crippen molar-refractivity contribution >= 4 is 33.4 Å². The van der Waals surface area contributed by atoms with Crippen molar-refractivity contribution in [2.45, 2.75) is 25.7 Å². The first-order valence-corrected chi connectivity index (χ1v) is 9.36. The summed E-state index contributed by atoms with van der Waals surface area (Å²) < 4.78 is 6.19. The Morgan fingerprint density at radius 3 is 2.33 bits per heavy atom. The highest BCUT2D eigenvalue weighted by atomic mass is 79.9. The molecule has 1 N–H and O–H groups in total. The molecule has 1 aromatic rings. The van der Waals surface area contributed by atoms with Crippen molar-refractivity contribution in [1.29, 1.82) is 0 Å². The van der Waals surface area contributed by atoms with E-state index in [0.717, 1.165) is 35.8 Å². The average molecular weight is 395 g/mol. The van der Waals surface area contributed by atoms with Crippen LogP contribution in [0.3, 0.4) is 0 Å². The molecule has 2 aliphatic rings. The van der Waals surface area contributed by atoms with Crippen LogP contribution in [0.2, 0.25) is 0 Å². The van der Waals surface area contributed by atoms with Gasteiger partial charge in [0.05, 0.1) is 18.9 Å². The molecule has 130 valence electrons. The lowest BCUT2D eigenvalue weighted by Gasteiger charge is -2.33. The van der Waals surface area contributed by atoms with Gasteiger partial charge in [-0.15, -0.1) is 0 Å². The zero-order chi connectivity index (χ0) is 16.9. The Morgan fingerprint density at radius 2 is 1.67 bits per heavy atom. The quantitative estimate of drug-likeness (QED) is 0.856. The highest BCUT2D eigenvalue weighted by molar-refractivity contribution is 9.10. The molecule has 1 saturated heterocycles. The van der Waals surface area contributed by atoms with E-state index < -0.39 is 0 Å². The van der Waals surface area contributed by atoms with Gasteiger partial charge in [0.2, 0.25) is 11.8 Å². The van der Waals surface area contributed by atoms with Gasteiger partial charge in [0.1, 0.15) is 0 Å². The van der Waals surface area contributed by atoms with Gasteiger partial charge < -0.3 is 15.0 Å². The summed E-state index contributed by atoms with van der Waals surface area (Å²) in [5.41, 5.74) is 0.800. The number of halogens is 1. The summed E-state index contributed by atoms with van der Waals surface area (Å²) in [5.74, 6) is 0.351. The molecule has 0 atom stereocenters. The summed E-state index contributed by atoms with van der Waals surface area (Å²) in [4.78, 5) is 26.9. The van der Waals surface area contributed by atoms with E-state index in [1.807, 2.05) is 29.2 Å². The molecule has 2 amide bonds. The lowest BCUT2D eigenvalue weighted by atomic mass is 9.81. The second kappa shape index (κ2) is 8.12. The molecule has 1 heterocycles. The number of morpholine rings is 1. The fraction of sp³-hybridized carbons (Fsp3) is 0.556. The van der Waals surface area contributed by atoms with Gasteiger partial charge in [-0.05, 0) is 53.7 Å². The molecule has 0 aromatic heterocycles. The predicted octanol–water partition coefficient (Wildman–Crippen LogP) is 3.05. The number of hydrogen-bond donors (Lipinski definition) is 1. The number of rotatable bonds is 3. The van der Waals surface area contributed by atoms with Crippen molar-refractivity contribution in [1.82, 2.24) is 4.90 Å². The van der Waals surface area contributed by atoms with Gasteiger partial charge in [-0.25, -0.2) is 0 Å². The van der Waals surface area contributed by atoms with E-state index >= 15 is 0 Å². The number of para-hydroxylation sites is 1. The molecule has 0 spiro atoms. The summed E-state index contributed by atoms with van der Waals surface area (Å²) in [6.07, 6.45) is 3.14. The Kier molecular flexibility index (Phi) is 5.89. The molecule has 6 heteroatoms. The summed E-state index contributed by atoms with van der Waals surface area (Å²) >= 11 is 3.45. The number of anilines is 1. The Bertz CT molecular complexity index is 594. The number of ether oxygens (including phenoxy) is 1. The second-order valence-corrected chi connectivity index (χ2v) is 7.31. The van der Waals surface area contributed by atoms with Gasteiger partial charge in [-0.3, -0.25) is 9.59 Å². The Balaban J connectivity index is 1.50. The molecule has 0 bridgehead atoms. The highest BCUT2D eigenvalue weighted by Crippen LogP contribution is 2.32. The number of amides is 2. The molecular weight excluding hydrogens is 372 g/mol. The van der Waals surface area contributed by atoms with E-state index in [9.17, 15) is 9.59 Å². The molecule has 5 nitrogen and oxygen atoms in total. The van der Waals surface area contributed by atoms with E-state index in [2.05, 4.69) is 21.2 Å². The normalized spacial score (nSPS) is 24.5. The summed E-state index contributed by atoms with van der Waals surface area (Å²) in [7, 11) is 0. The number of carbonyl (C=O) groups is 2. The Hall–Kier alpha value is -1.40. The first-order valence-electron chi connectivity index (χ1n) is 8.57. The Morgan fingerprint density at radius 1 is 1.04 bits per heavy atom. The van der Waals surface area contributed by atoms with Crippen LogP contribution in [0, 0.1) is 11.8 Å². The van der Waals surface area contributed by atoms with Crippen molar-refractivity contribution in [3.63, 3.8) is 0 Å². The van der Waals surface area contributed by atoms with Crippen LogP contribution in [0.15, 0.2) is 28.7 Å². The van der Waals surface area contributed by atoms with Crippen LogP contribution >= 0.6 is 15.9 Å². The van der Waals surface area contributed by atoms with Crippen molar-refractivity contribution in [2.24, 2.45) is 11.8 Å². The average Bonchev–Trinajstić information content (AvgIpc) is 2.64. The minimum atomic E-state index is -0.00848. The standard InChI is InChI=1S/C18H23BrN2O3/c19-15-3-1-2-4-16(15)20-17(22)13-5-7-14(8-6-13)18(23)21-9-11-24-12-10-21/h1-4,13-14H,5-12H2,(H,20,22). The largest absolute Gasteiger partial charge is 0.378 e. The molecule has 1 saturated carbocycles. The van der Waals surface area contributed by atoms with Crippen LogP contribution in [-0.4, -0.2) is 43.0 Å². The zero-order valence-electron chi connectivity index (χ0n) is 13.7. The van der Waals surface area contributed by atoms with Crippen LogP contribution in [0.1, 0.15) is 25.7 Å². The lowest BCUT2D eigenvalue weighted by Crippen LogP contribution is -2.44. The van der Waals surface area contributed by atoms with Crippen LogP contribution in [0.5, 0.6) is 0 Å². The van der Waals surface area contributed by atoms with Crippen molar-refractivity contribution in [3.05, 3.63) is 28.7 Å². The Labute approximate surface area is 150 Å². The number of hydrogen-bond acceptors (Lipinski definition) is 3. The van der Waals surface area contributed by atoms with Crippen LogP contribution in [-0.2, 0) is 14.3 Å². The van der Waals surface area contributed by atoms with E-state index in [1.165, 1.54) is 0 Å². The third-order valence-electron chi connectivity index (χ3n) is 4.90. The van der Waals surface area contributed by atoms with E-state index in [1.54, 1.807) is 0 Å². The summed E-state index contributed by atoms with van der Waals surface area (Å²) in [6, 6.07) is 7.61. The molecule has 1 aliphatic carbocycles. The molecule has 1 aromatic carbocycles. The molecular formula is C18H23BrN2O3. The van der Waals surface area contributed by atoms with E-state index in [-0.39, 0.29) is 23.7 Å². The van der Waals surface area contributed by atoms with Crippen molar-refractivity contribution < 1.29 is 14.3 Å². The maximum Gasteiger partial charge on any atom is 0.227 e. The van der Waals surface area contributed by atoms with Gasteiger partial charge in [0.15, 0.2) is 0 Å². The number of carbonyl (C=O) groups excluding carboxylic acids is 2. The number of nitrogens with one attached hydrogen (secondary N) is 1. The van der Waals surface area contributed by atoms with E-state index in [4.69, 9.17) is 4.74 Å². The fourth-order valence-corrected chi connectivity index (χ4v) is 3.83. The monoisotopic (exact) mass is 394 g/mol. The third-order valence-corrected chi connectivity index (χ3v) is 5.59. The number of nitrogens with zero attached hydrogens (tertiary/aromatic N) is 1. The topological polar surface area (TPSA) is 58.6 Å². The van der Waals surface area contributed by atoms with Gasteiger partial charge in [0.25, 0.3) is 0 Å². The highest BCUT2D eigenvalue weighted by Gasteiger charge is 2.32. The van der Waals surface area contributed by atoms with Crippen molar-refractivity contribution in [2.75, 3.05) is 31.6 Å². The fourth-order valence-electron chi connectivity index (χ4n) is 3.44. The van der Waals surface area contributed by atoms with Crippen molar-refractivity contribution in [3.8, 4) is 0 Å². The van der Waals surface area contributed by atoms with Gasteiger partial charge in [0, 0.05) is 29.4 Å². The number of benzene rings is 1. The molecule has 24 heavy (non-hydrogen) atoms. The zero-order valence-corrected chi connectivity index (χ0v) is 15.3. The minimum absolute atomic E-state index is 0.00848. The summed E-state index contributed by atoms with van der Waals surface area (Å²) in [5, 5.41) is 2.99. The van der Waals surface area contributed by atoms with Gasteiger partial charge in [-0.2, -0.15) is 0 Å². The first kappa shape index (κ1) is 17.4. The molecule has 0 unspecified atom stereocenters. The van der Waals surface area contributed by atoms with Gasteiger partial charge in [-0.1, -0.05) is 12.1 Å². The second-order valence-electron chi connectivity index (χ2n) is 6.46. The summed E-state index contributed by atoms with van der Waals surface area (Å²) in [6.45, 7) is 2.66. The lowest BCUT2D eigenvalue weighted by molar-refractivity contribution is -0.141. The smallest absolute Gasteiger partial charge is 0.227 e. The molecule has 3 rings (SSSR count). The van der Waals surface area contributed by atoms with Gasteiger partial charge >= 0.3 is 0 Å². The molecule has 0 radical (unpaired) electrons. The molecule has 2 fully saturated rings. The maximum atomic E-state index is 12.5. The van der Waals surface area contributed by atoms with Crippen LogP contribution < -0.4 is 5.32 Å². The van der Waals surface area contributed by atoms with Crippen LogP contribution in [0.4, 0.5) is 5.69 Å². The SMILES string of the molecule is O=C(Nc1ccccc1Br)C1CCC(C(=O)N2CCOCC2)CC1. The predicted molar refractivity (Wildman–Crippen MR) is 95.6 cm³/mol. The van der Waals surface area contributed by atoms with E-state index in [0.29, 0.717) is 26.3 Å². The first-order chi connectivity index (χ1) is 11.6. The third kappa shape index (κ3) is 4.16.